The Morgan fingerprint density at radius 1 is 0.413 bits per heavy atom. The normalized spacial score (nSPS) is 11.3. The van der Waals surface area contributed by atoms with Crippen molar-refractivity contribution in [3.8, 4) is 5.75 Å². The molecule has 0 bridgehead atoms. The maximum Gasteiger partial charge on any atom is 0.269 e. The predicted molar refractivity (Wildman–Crippen MR) is 176 cm³/mol. The van der Waals surface area contributed by atoms with Crippen molar-refractivity contribution in [2.75, 3.05) is 156 Å². The van der Waals surface area contributed by atoms with Crippen LogP contribution in [0.2, 0.25) is 0 Å². The highest BCUT2D eigenvalue weighted by atomic mass is 127. The summed E-state index contributed by atoms with van der Waals surface area (Å²) >= 11 is 2.27. The number of alkyl halides is 1. The molecule has 1 aromatic rings. The molecule has 0 spiro atoms. The Kier molecular flexibility index (Phi) is 32.5. The molecule has 0 saturated heterocycles. The third-order valence-electron chi connectivity index (χ3n) is 5.49. The van der Waals surface area contributed by atoms with Crippen LogP contribution in [0.4, 0.5) is 5.69 Å². The van der Waals surface area contributed by atoms with E-state index in [4.69, 9.17) is 56.8 Å². The molecule has 0 aliphatic carbocycles. The van der Waals surface area contributed by atoms with Gasteiger partial charge < -0.3 is 56.8 Å². The van der Waals surface area contributed by atoms with Crippen LogP contribution in [0.1, 0.15) is 0 Å². The molecule has 0 saturated carbocycles. The number of nitro benzene ring substituents is 1. The number of ether oxygens (including phenoxy) is 12. The summed E-state index contributed by atoms with van der Waals surface area (Å²) in [6, 6.07) is 5.91. The fourth-order valence-corrected chi connectivity index (χ4v) is 3.55. The van der Waals surface area contributed by atoms with Crippen LogP contribution in [0.5, 0.6) is 5.75 Å². The lowest BCUT2D eigenvalue weighted by molar-refractivity contribution is -0.384. The summed E-state index contributed by atoms with van der Waals surface area (Å²) in [6.45, 7) is 11.6. The summed E-state index contributed by atoms with van der Waals surface area (Å²) in [6.07, 6.45) is 0. The Bertz CT molecular complexity index is 780. The van der Waals surface area contributed by atoms with Crippen molar-refractivity contribution in [3.63, 3.8) is 0 Å². The minimum Gasteiger partial charge on any atom is -0.491 e. The third-order valence-corrected chi connectivity index (χ3v) is 5.93. The summed E-state index contributed by atoms with van der Waals surface area (Å²) in [5.41, 5.74) is 0.0259. The second-order valence-corrected chi connectivity index (χ2v) is 10.1. The maximum atomic E-state index is 10.6. The fourth-order valence-electron chi connectivity index (χ4n) is 3.24. The molecule has 0 aliphatic heterocycles. The average molecular weight is 778 g/mol. The van der Waals surface area contributed by atoms with Crippen molar-refractivity contribution < 1.29 is 61.8 Å². The Balaban J connectivity index is 1.65. The summed E-state index contributed by atoms with van der Waals surface area (Å²) in [5.74, 6) is 0.556. The predicted octanol–water partition coefficient (Wildman–Crippen LogP) is 2.59. The lowest BCUT2D eigenvalue weighted by atomic mass is 10.3. The molecule has 1 aromatic carbocycles. The number of hydrogen-bond acceptors (Lipinski definition) is 14. The molecular weight excluding hydrogens is 725 g/mol. The van der Waals surface area contributed by atoms with Crippen LogP contribution in [0.3, 0.4) is 0 Å². The highest BCUT2D eigenvalue weighted by Crippen LogP contribution is 2.17. The molecule has 0 aromatic heterocycles. The Morgan fingerprint density at radius 3 is 0.891 bits per heavy atom. The number of halogens is 1. The lowest BCUT2D eigenvalue weighted by Gasteiger charge is -2.09. The van der Waals surface area contributed by atoms with E-state index in [2.05, 4.69) is 22.6 Å². The van der Waals surface area contributed by atoms with Gasteiger partial charge in [0.05, 0.1) is 150 Å². The maximum absolute atomic E-state index is 10.6. The van der Waals surface area contributed by atoms with Gasteiger partial charge in [-0.1, -0.05) is 22.6 Å². The van der Waals surface area contributed by atoms with E-state index in [9.17, 15) is 10.1 Å². The first-order valence-electron chi connectivity index (χ1n) is 15.5. The van der Waals surface area contributed by atoms with Crippen LogP contribution < -0.4 is 4.74 Å². The van der Waals surface area contributed by atoms with Gasteiger partial charge in [0.25, 0.3) is 5.69 Å². The Labute approximate surface area is 285 Å². The molecule has 46 heavy (non-hydrogen) atoms. The molecule has 0 atom stereocenters. The lowest BCUT2D eigenvalue weighted by Crippen LogP contribution is -2.15. The largest absolute Gasteiger partial charge is 0.491 e. The van der Waals surface area contributed by atoms with Crippen LogP contribution in [0.15, 0.2) is 24.3 Å². The number of hydrogen-bond donors (Lipinski definition) is 0. The van der Waals surface area contributed by atoms with Gasteiger partial charge in [-0.3, -0.25) is 10.1 Å². The Morgan fingerprint density at radius 2 is 0.652 bits per heavy atom. The van der Waals surface area contributed by atoms with E-state index in [1.54, 1.807) is 12.1 Å². The van der Waals surface area contributed by atoms with Crippen molar-refractivity contribution in [1.29, 1.82) is 0 Å². The second-order valence-electron chi connectivity index (χ2n) is 9.02. The van der Waals surface area contributed by atoms with Gasteiger partial charge in [0.15, 0.2) is 0 Å². The average Bonchev–Trinajstić information content (AvgIpc) is 3.06. The minimum atomic E-state index is -0.452. The first-order valence-corrected chi connectivity index (χ1v) is 17.0. The fraction of sp³-hybridized carbons (Fsp3) is 0.800. The first-order chi connectivity index (χ1) is 22.7. The molecule has 0 unspecified atom stereocenters. The number of rotatable bonds is 37. The van der Waals surface area contributed by atoms with E-state index >= 15 is 0 Å². The quantitative estimate of drug-likeness (QED) is 0.0320. The van der Waals surface area contributed by atoms with Crippen molar-refractivity contribution in [3.05, 3.63) is 34.4 Å². The molecule has 0 N–H and O–H groups in total. The summed E-state index contributed by atoms with van der Waals surface area (Å²) < 4.78 is 66.2. The van der Waals surface area contributed by atoms with E-state index in [-0.39, 0.29) is 5.69 Å². The van der Waals surface area contributed by atoms with Crippen LogP contribution in [-0.2, 0) is 52.1 Å². The molecule has 0 amide bonds. The zero-order chi connectivity index (χ0) is 33.0. The molecule has 0 radical (unpaired) electrons. The summed E-state index contributed by atoms with van der Waals surface area (Å²) in [5, 5.41) is 10.6. The van der Waals surface area contributed by atoms with E-state index in [1.165, 1.54) is 12.1 Å². The SMILES string of the molecule is O=[N+]([O-])c1ccc(OCCOCCOCCOCCOCCOCCOCCOCCOCCOCCOCCOCCI)cc1. The van der Waals surface area contributed by atoms with E-state index in [0.29, 0.717) is 151 Å². The van der Waals surface area contributed by atoms with Crippen molar-refractivity contribution >= 4 is 28.3 Å². The van der Waals surface area contributed by atoms with Crippen molar-refractivity contribution in [1.82, 2.24) is 0 Å². The standard InChI is InChI=1S/C30H52INO14/c31-5-6-35-7-8-36-9-10-37-11-12-38-13-14-39-15-16-40-17-18-41-19-20-42-21-22-43-23-24-44-25-26-45-27-28-46-30-3-1-29(2-4-30)32(33)34/h1-4H,5-28H2. The summed E-state index contributed by atoms with van der Waals surface area (Å²) in [7, 11) is 0. The molecule has 16 heteroatoms. The van der Waals surface area contributed by atoms with Gasteiger partial charge in [0, 0.05) is 16.6 Å². The molecule has 0 heterocycles. The summed E-state index contributed by atoms with van der Waals surface area (Å²) in [4.78, 5) is 10.2. The molecule has 15 nitrogen and oxygen atoms in total. The van der Waals surface area contributed by atoms with Crippen LogP contribution >= 0.6 is 22.6 Å². The van der Waals surface area contributed by atoms with Crippen LogP contribution in [0, 0.1) is 10.1 Å². The van der Waals surface area contributed by atoms with Gasteiger partial charge in [-0.05, 0) is 12.1 Å². The number of benzene rings is 1. The number of nitro groups is 1. The monoisotopic (exact) mass is 777 g/mol. The topological polar surface area (TPSA) is 154 Å². The highest BCUT2D eigenvalue weighted by Gasteiger charge is 2.04. The van der Waals surface area contributed by atoms with Gasteiger partial charge in [-0.15, -0.1) is 0 Å². The first kappa shape index (κ1) is 42.7. The van der Waals surface area contributed by atoms with E-state index < -0.39 is 4.92 Å². The zero-order valence-corrected chi connectivity index (χ0v) is 29.0. The minimum absolute atomic E-state index is 0.0259. The van der Waals surface area contributed by atoms with Gasteiger partial charge >= 0.3 is 0 Å². The van der Waals surface area contributed by atoms with Gasteiger partial charge in [0.1, 0.15) is 12.4 Å². The van der Waals surface area contributed by atoms with Crippen LogP contribution in [-0.4, -0.2) is 161 Å². The number of non-ortho nitro benzene ring substituents is 1. The van der Waals surface area contributed by atoms with Gasteiger partial charge in [-0.25, -0.2) is 0 Å². The van der Waals surface area contributed by atoms with E-state index in [0.717, 1.165) is 11.0 Å². The smallest absolute Gasteiger partial charge is 0.269 e. The molecular formula is C30H52INO14. The van der Waals surface area contributed by atoms with Crippen molar-refractivity contribution in [2.45, 2.75) is 0 Å². The molecule has 268 valence electrons. The Hall–Kier alpha value is -1.29. The second kappa shape index (κ2) is 35.0. The van der Waals surface area contributed by atoms with Crippen LogP contribution in [0.25, 0.3) is 0 Å². The molecule has 1 rings (SSSR count). The highest BCUT2D eigenvalue weighted by molar-refractivity contribution is 14.1. The molecule has 0 aliphatic rings. The third kappa shape index (κ3) is 30.1. The van der Waals surface area contributed by atoms with Gasteiger partial charge in [-0.2, -0.15) is 0 Å². The number of nitrogens with zero attached hydrogens (tertiary/aromatic N) is 1. The van der Waals surface area contributed by atoms with E-state index in [1.807, 2.05) is 0 Å². The molecule has 0 fully saturated rings. The zero-order valence-electron chi connectivity index (χ0n) is 26.8. The van der Waals surface area contributed by atoms with Crippen molar-refractivity contribution in [2.24, 2.45) is 0 Å². The van der Waals surface area contributed by atoms with Gasteiger partial charge in [0.2, 0.25) is 0 Å².